The normalized spacial score (nSPS) is 19.9. The second kappa shape index (κ2) is 7.17. The Bertz CT molecular complexity index is 453. The van der Waals surface area contributed by atoms with Gasteiger partial charge in [0.25, 0.3) is 20.2 Å². The van der Waals surface area contributed by atoms with Crippen molar-refractivity contribution in [2.75, 3.05) is 38.8 Å². The molecule has 1 N–H and O–H groups in total. The lowest BCUT2D eigenvalue weighted by atomic mass is 9.74. The molecule has 0 radical (unpaired) electrons. The SMILES string of the molecule is CS(=O)(=O)OCCC1(CCOS(C)(=O)=O)CCNCC1. The van der Waals surface area contributed by atoms with Gasteiger partial charge in [-0.05, 0) is 44.2 Å². The molecule has 0 aromatic rings. The Hall–Kier alpha value is -0.220. The van der Waals surface area contributed by atoms with Crippen LogP contribution in [-0.4, -0.2) is 55.7 Å². The summed E-state index contributed by atoms with van der Waals surface area (Å²) in [5.74, 6) is 0. The quantitative estimate of drug-likeness (QED) is 0.630. The molecule has 9 heteroatoms. The molecule has 0 aromatic heterocycles. The minimum Gasteiger partial charge on any atom is -0.317 e. The largest absolute Gasteiger partial charge is 0.317 e. The lowest BCUT2D eigenvalue weighted by Crippen LogP contribution is -2.38. The van der Waals surface area contributed by atoms with Crippen molar-refractivity contribution in [2.45, 2.75) is 25.7 Å². The van der Waals surface area contributed by atoms with E-state index in [2.05, 4.69) is 5.32 Å². The van der Waals surface area contributed by atoms with E-state index in [1.165, 1.54) is 0 Å². The van der Waals surface area contributed by atoms with Gasteiger partial charge in [-0.1, -0.05) is 0 Å². The molecule has 7 nitrogen and oxygen atoms in total. The first-order chi connectivity index (χ1) is 9.12. The van der Waals surface area contributed by atoms with Crippen LogP contribution in [0.25, 0.3) is 0 Å². The first kappa shape index (κ1) is 17.8. The van der Waals surface area contributed by atoms with E-state index in [1.807, 2.05) is 0 Å². The molecule has 0 aliphatic carbocycles. The van der Waals surface area contributed by atoms with Crippen molar-refractivity contribution in [1.82, 2.24) is 5.32 Å². The van der Waals surface area contributed by atoms with Crippen LogP contribution in [0.1, 0.15) is 25.7 Å². The maximum Gasteiger partial charge on any atom is 0.264 e. The van der Waals surface area contributed by atoms with Crippen molar-refractivity contribution in [3.05, 3.63) is 0 Å². The first-order valence-corrected chi connectivity index (χ1v) is 10.1. The lowest BCUT2D eigenvalue weighted by Gasteiger charge is -2.37. The summed E-state index contributed by atoms with van der Waals surface area (Å²) in [4.78, 5) is 0. The summed E-state index contributed by atoms with van der Waals surface area (Å²) in [5.41, 5.74) is -0.124. The molecular formula is C11H23NO6S2. The van der Waals surface area contributed by atoms with Gasteiger partial charge >= 0.3 is 0 Å². The zero-order valence-corrected chi connectivity index (χ0v) is 13.6. The van der Waals surface area contributed by atoms with Crippen LogP contribution < -0.4 is 5.32 Å². The molecule has 20 heavy (non-hydrogen) atoms. The van der Waals surface area contributed by atoms with Gasteiger partial charge in [0.2, 0.25) is 0 Å². The molecule has 0 unspecified atom stereocenters. The minimum atomic E-state index is -3.44. The van der Waals surface area contributed by atoms with E-state index in [-0.39, 0.29) is 18.6 Å². The summed E-state index contributed by atoms with van der Waals surface area (Å²) >= 11 is 0. The van der Waals surface area contributed by atoms with E-state index in [0.29, 0.717) is 12.8 Å². The van der Waals surface area contributed by atoms with E-state index in [1.54, 1.807) is 0 Å². The summed E-state index contributed by atoms with van der Waals surface area (Å²) in [7, 11) is -6.88. The summed E-state index contributed by atoms with van der Waals surface area (Å²) in [6.45, 7) is 1.91. The second-order valence-electron chi connectivity index (χ2n) is 5.30. The number of nitrogens with one attached hydrogen (secondary N) is 1. The molecule has 0 spiro atoms. The van der Waals surface area contributed by atoms with E-state index >= 15 is 0 Å². The van der Waals surface area contributed by atoms with Crippen LogP contribution >= 0.6 is 0 Å². The summed E-state index contributed by atoms with van der Waals surface area (Å²) in [5, 5.41) is 3.23. The maximum absolute atomic E-state index is 11.0. The molecule has 1 heterocycles. The highest BCUT2D eigenvalue weighted by Crippen LogP contribution is 2.36. The molecule has 1 rings (SSSR count). The van der Waals surface area contributed by atoms with Gasteiger partial charge in [-0.2, -0.15) is 16.8 Å². The van der Waals surface area contributed by atoms with Crippen molar-refractivity contribution < 1.29 is 25.2 Å². The molecule has 0 amide bonds. The van der Waals surface area contributed by atoms with Crippen LogP contribution in [0, 0.1) is 5.41 Å². The summed E-state index contributed by atoms with van der Waals surface area (Å²) < 4.78 is 53.5. The Kier molecular flexibility index (Phi) is 6.39. The average molecular weight is 329 g/mol. The second-order valence-corrected chi connectivity index (χ2v) is 8.59. The van der Waals surface area contributed by atoms with Crippen molar-refractivity contribution in [1.29, 1.82) is 0 Å². The van der Waals surface area contributed by atoms with Gasteiger partial charge in [0.15, 0.2) is 0 Å². The van der Waals surface area contributed by atoms with Crippen molar-refractivity contribution in [3.63, 3.8) is 0 Å². The van der Waals surface area contributed by atoms with Gasteiger partial charge in [0.1, 0.15) is 0 Å². The molecule has 0 atom stereocenters. The Morgan fingerprint density at radius 2 is 1.30 bits per heavy atom. The predicted molar refractivity (Wildman–Crippen MR) is 75.4 cm³/mol. The zero-order chi connectivity index (χ0) is 15.3. The number of rotatable bonds is 8. The van der Waals surface area contributed by atoms with Crippen LogP contribution in [0.5, 0.6) is 0 Å². The fourth-order valence-corrected chi connectivity index (χ4v) is 3.17. The van der Waals surface area contributed by atoms with Gasteiger partial charge in [-0.25, -0.2) is 0 Å². The van der Waals surface area contributed by atoms with Gasteiger partial charge in [-0.3, -0.25) is 8.37 Å². The van der Waals surface area contributed by atoms with Crippen LogP contribution in [0.4, 0.5) is 0 Å². The fourth-order valence-electron chi connectivity index (χ4n) is 2.40. The minimum absolute atomic E-state index is 0.123. The first-order valence-electron chi connectivity index (χ1n) is 6.52. The fraction of sp³-hybridized carbons (Fsp3) is 1.00. The summed E-state index contributed by atoms with van der Waals surface area (Å²) in [6.07, 6.45) is 4.91. The van der Waals surface area contributed by atoms with E-state index in [9.17, 15) is 16.8 Å². The van der Waals surface area contributed by atoms with Crippen molar-refractivity contribution in [2.24, 2.45) is 5.41 Å². The number of hydrogen-bond donors (Lipinski definition) is 1. The smallest absolute Gasteiger partial charge is 0.264 e. The monoisotopic (exact) mass is 329 g/mol. The van der Waals surface area contributed by atoms with Crippen molar-refractivity contribution >= 4 is 20.2 Å². The molecule has 120 valence electrons. The van der Waals surface area contributed by atoms with Crippen LogP contribution in [0.3, 0.4) is 0 Å². The van der Waals surface area contributed by atoms with Crippen LogP contribution in [0.15, 0.2) is 0 Å². The number of piperidine rings is 1. The standard InChI is InChI=1S/C11H23NO6S2/c1-19(13,14)17-9-5-11(3-7-12-8-4-11)6-10-18-20(2,15)16/h12H,3-10H2,1-2H3. The topological polar surface area (TPSA) is 98.8 Å². The van der Waals surface area contributed by atoms with Gasteiger partial charge in [0, 0.05) is 0 Å². The highest BCUT2D eigenvalue weighted by atomic mass is 32.2. The average Bonchev–Trinajstić information content (AvgIpc) is 2.26. The molecular weight excluding hydrogens is 306 g/mol. The van der Waals surface area contributed by atoms with Crippen LogP contribution in [0.2, 0.25) is 0 Å². The highest BCUT2D eigenvalue weighted by molar-refractivity contribution is 7.86. The molecule has 0 aromatic carbocycles. The molecule has 1 aliphatic rings. The molecule has 1 saturated heterocycles. The zero-order valence-electron chi connectivity index (χ0n) is 11.9. The third-order valence-electron chi connectivity index (χ3n) is 3.52. The van der Waals surface area contributed by atoms with Gasteiger partial charge in [-0.15, -0.1) is 0 Å². The van der Waals surface area contributed by atoms with E-state index in [4.69, 9.17) is 8.37 Å². The maximum atomic E-state index is 11.0. The van der Waals surface area contributed by atoms with Gasteiger partial charge in [0.05, 0.1) is 25.7 Å². The predicted octanol–water partition coefficient (Wildman–Crippen LogP) is 0.0888. The molecule has 0 saturated carbocycles. The molecule has 1 aliphatic heterocycles. The lowest BCUT2D eigenvalue weighted by molar-refractivity contribution is 0.114. The third-order valence-corrected chi connectivity index (χ3v) is 4.71. The molecule has 1 fully saturated rings. The Labute approximate surface area is 121 Å². The molecule has 0 bridgehead atoms. The van der Waals surface area contributed by atoms with Crippen molar-refractivity contribution in [3.8, 4) is 0 Å². The van der Waals surface area contributed by atoms with E-state index < -0.39 is 20.2 Å². The number of hydrogen-bond acceptors (Lipinski definition) is 7. The highest BCUT2D eigenvalue weighted by Gasteiger charge is 2.32. The Balaban J connectivity index is 2.52. The Morgan fingerprint density at radius 1 is 0.900 bits per heavy atom. The van der Waals surface area contributed by atoms with E-state index in [0.717, 1.165) is 38.4 Å². The van der Waals surface area contributed by atoms with Gasteiger partial charge < -0.3 is 5.32 Å². The Morgan fingerprint density at radius 3 is 1.65 bits per heavy atom. The summed E-state index contributed by atoms with van der Waals surface area (Å²) in [6, 6.07) is 0. The third kappa shape index (κ3) is 7.53. The van der Waals surface area contributed by atoms with Crippen LogP contribution in [-0.2, 0) is 28.6 Å².